The fourth-order valence-electron chi connectivity index (χ4n) is 1.09. The second-order valence-corrected chi connectivity index (χ2v) is 2.66. The molecule has 0 saturated carbocycles. The van der Waals surface area contributed by atoms with E-state index in [4.69, 9.17) is 0 Å². The Morgan fingerprint density at radius 2 is 2.14 bits per heavy atom. The van der Waals surface area contributed by atoms with Crippen LogP contribution in [-0.4, -0.2) is 15.9 Å². The van der Waals surface area contributed by atoms with Crippen molar-refractivity contribution in [2.24, 2.45) is 0 Å². The number of rotatable bonds is 1. The summed E-state index contributed by atoms with van der Waals surface area (Å²) in [6.07, 6.45) is 0. The summed E-state index contributed by atoms with van der Waals surface area (Å²) in [5.74, 6) is -0.421. The third-order valence-corrected chi connectivity index (χ3v) is 1.83. The van der Waals surface area contributed by atoms with E-state index in [9.17, 15) is 4.79 Å². The predicted octanol–water partition coefficient (Wildman–Crippen LogP) is 1.56. The fourth-order valence-corrected chi connectivity index (χ4v) is 1.18. The van der Waals surface area contributed by atoms with Crippen LogP contribution in [0, 0.1) is 0 Å². The summed E-state index contributed by atoms with van der Waals surface area (Å²) < 4.78 is 4.23. The zero-order valence-electron chi connectivity index (χ0n) is 7.23. The molecule has 2 rings (SSSR count). The van der Waals surface area contributed by atoms with Crippen molar-refractivity contribution in [3.05, 3.63) is 30.1 Å². The van der Waals surface area contributed by atoms with Crippen molar-refractivity contribution >= 4 is 29.9 Å². The van der Waals surface area contributed by atoms with Gasteiger partial charge in [-0.1, -0.05) is 12.1 Å². The van der Waals surface area contributed by atoms with Crippen molar-refractivity contribution in [3.63, 3.8) is 0 Å². The summed E-state index contributed by atoms with van der Waals surface area (Å²) in [7, 11) is 0. The third kappa shape index (κ3) is 1.96. The Morgan fingerprint density at radius 1 is 1.43 bits per heavy atom. The van der Waals surface area contributed by atoms with Crippen LogP contribution in [0.2, 0.25) is 0 Å². The van der Waals surface area contributed by atoms with Crippen LogP contribution in [0.5, 0.6) is 0 Å². The molecule has 1 aromatic carbocycles. The number of benzene rings is 1. The number of carbonyl (C=O) groups excluding carboxylic acids is 1. The van der Waals surface area contributed by atoms with Gasteiger partial charge in [0.25, 0.3) is 0 Å². The normalized spacial score (nSPS) is 9.50. The molecule has 6 heteroatoms. The number of hydrogen-bond donors (Lipinski definition) is 2. The van der Waals surface area contributed by atoms with E-state index < -0.39 is 5.97 Å². The Labute approximate surface area is 98.4 Å². The van der Waals surface area contributed by atoms with E-state index in [-0.39, 0.29) is 25.3 Å². The molecule has 0 radical (unpaired) electrons. The van der Waals surface area contributed by atoms with Crippen LogP contribution in [0.25, 0.3) is 11.0 Å². The number of aromatic nitrogens is 2. The molecule has 68 valence electrons. The Bertz CT molecular complexity index is 424. The summed E-state index contributed by atoms with van der Waals surface area (Å²) >= 11 is 3.40. The topological polar surface area (TPSA) is 55.0 Å². The first-order valence-electron chi connectivity index (χ1n) is 3.62. The Hall–Kier alpha value is -0.867. The number of nitrogens with one attached hydrogen (secondary N) is 1. The maximum atomic E-state index is 11.0. The number of carbonyl (C=O) groups is 1. The van der Waals surface area contributed by atoms with Gasteiger partial charge in [-0.15, -0.1) is 0 Å². The van der Waals surface area contributed by atoms with Crippen LogP contribution in [0.3, 0.4) is 0 Å². The Balaban J connectivity index is 0.000000980. The minimum Gasteiger partial charge on any atom is -0.389 e. The molecule has 0 atom stereocenters. The number of nitrogens with zero attached hydrogens (tertiary/aromatic N) is 1. The predicted molar refractivity (Wildman–Crippen MR) is 50.5 cm³/mol. The second kappa shape index (κ2) is 4.57. The van der Waals surface area contributed by atoms with Gasteiger partial charge in [0.1, 0.15) is 0 Å². The number of para-hydroxylation sites is 2. The van der Waals surface area contributed by atoms with E-state index in [1.165, 1.54) is 0 Å². The Morgan fingerprint density at radius 3 is 2.79 bits per heavy atom. The molecule has 0 bridgehead atoms. The van der Waals surface area contributed by atoms with Crippen molar-refractivity contribution < 1.29 is 28.5 Å². The van der Waals surface area contributed by atoms with Gasteiger partial charge < -0.3 is 9.17 Å². The van der Waals surface area contributed by atoms with Crippen molar-refractivity contribution in [2.45, 2.75) is 0 Å². The van der Waals surface area contributed by atoms with Gasteiger partial charge in [0, 0.05) is 32.4 Å². The van der Waals surface area contributed by atoms with Gasteiger partial charge in [-0.05, 0) is 12.1 Å². The zero-order chi connectivity index (χ0) is 9.26. The molecule has 0 amide bonds. The molecule has 0 aliphatic rings. The van der Waals surface area contributed by atoms with E-state index in [0.717, 1.165) is 11.0 Å². The molecule has 0 saturated heterocycles. The van der Waals surface area contributed by atoms with E-state index in [1.54, 1.807) is 6.07 Å². The zero-order valence-corrected chi connectivity index (χ0v) is 11.1. The second-order valence-electron chi connectivity index (χ2n) is 2.48. The van der Waals surface area contributed by atoms with Crippen molar-refractivity contribution in [3.8, 4) is 0 Å². The van der Waals surface area contributed by atoms with Crippen molar-refractivity contribution in [1.29, 1.82) is 0 Å². The van der Waals surface area contributed by atoms with E-state index in [2.05, 4.69) is 27.1 Å². The molecule has 4 nitrogen and oxygen atoms in total. The molecule has 0 fully saturated rings. The van der Waals surface area contributed by atoms with Crippen molar-refractivity contribution in [1.82, 2.24) is 9.97 Å². The van der Waals surface area contributed by atoms with Gasteiger partial charge in [0.15, 0.2) is 0 Å². The molecule has 0 aliphatic carbocycles. The van der Waals surface area contributed by atoms with E-state index in [0.29, 0.717) is 0 Å². The summed E-state index contributed by atoms with van der Waals surface area (Å²) in [6.45, 7) is 0. The van der Waals surface area contributed by atoms with Crippen molar-refractivity contribution in [2.75, 3.05) is 0 Å². The van der Waals surface area contributed by atoms with Crippen LogP contribution in [0.1, 0.15) is 10.6 Å². The average molecular weight is 260 g/mol. The van der Waals surface area contributed by atoms with Gasteiger partial charge in [-0.2, -0.15) is 0 Å². The van der Waals surface area contributed by atoms with E-state index >= 15 is 0 Å². The molecule has 1 N–H and O–H groups in total. The molecule has 2 aromatic rings. The molecule has 1 heterocycles. The molecule has 0 unspecified atom stereocenters. The van der Waals surface area contributed by atoms with Gasteiger partial charge in [0.05, 0.1) is 11.0 Å². The maximum Gasteiger partial charge on any atom is 0.386 e. The smallest absolute Gasteiger partial charge is 0.386 e. The van der Waals surface area contributed by atoms with Crippen LogP contribution < -0.4 is 0 Å². The Kier molecular flexibility index (Phi) is 3.66. The number of fused-ring (bicyclic) bond motifs is 1. The van der Waals surface area contributed by atoms with E-state index in [1.807, 2.05) is 18.2 Å². The molecule has 1 aromatic heterocycles. The standard InChI is InChI=1S/C8H6N2O2S.Zn/c11-8(12-13)7-9-5-3-1-2-4-6(5)10-7;/h1-4,13H,(H,9,10);. The molecular formula is C8H6N2O2SZn. The quantitative estimate of drug-likeness (QED) is 0.464. The maximum absolute atomic E-state index is 11.0. The fraction of sp³-hybridized carbons (Fsp3) is 0. The van der Waals surface area contributed by atoms with Crippen LogP contribution in [0.15, 0.2) is 24.3 Å². The van der Waals surface area contributed by atoms with Gasteiger partial charge in [0.2, 0.25) is 5.82 Å². The first kappa shape index (κ1) is 11.2. The minimum absolute atomic E-state index is 0. The summed E-state index contributed by atoms with van der Waals surface area (Å²) in [4.78, 5) is 17.8. The van der Waals surface area contributed by atoms with Gasteiger partial charge >= 0.3 is 5.97 Å². The SMILES string of the molecule is O=C(OS)c1nc2ccccc2[nH]1.[Zn]. The summed E-state index contributed by atoms with van der Waals surface area (Å²) in [5.41, 5.74) is 1.53. The molecule has 0 aliphatic heterocycles. The van der Waals surface area contributed by atoms with Crippen LogP contribution >= 0.6 is 12.9 Å². The molecule has 14 heavy (non-hydrogen) atoms. The largest absolute Gasteiger partial charge is 0.389 e. The summed E-state index contributed by atoms with van der Waals surface area (Å²) in [6, 6.07) is 7.34. The van der Waals surface area contributed by atoms with Crippen LogP contribution in [-0.2, 0) is 23.7 Å². The first-order valence-corrected chi connectivity index (χ1v) is 3.98. The average Bonchev–Trinajstić information content (AvgIpc) is 2.59. The molecule has 0 spiro atoms. The number of hydrogen-bond acceptors (Lipinski definition) is 4. The monoisotopic (exact) mass is 258 g/mol. The number of H-pyrrole nitrogens is 1. The molecular weight excluding hydrogens is 254 g/mol. The third-order valence-electron chi connectivity index (χ3n) is 1.67. The summed E-state index contributed by atoms with van der Waals surface area (Å²) in [5, 5.41) is 0. The number of thiol groups is 1. The minimum atomic E-state index is -0.584. The number of aromatic amines is 1. The van der Waals surface area contributed by atoms with Crippen LogP contribution in [0.4, 0.5) is 0 Å². The van der Waals surface area contributed by atoms with Gasteiger partial charge in [-0.3, -0.25) is 0 Å². The first-order chi connectivity index (χ1) is 6.31. The van der Waals surface area contributed by atoms with Gasteiger partial charge in [-0.25, -0.2) is 9.78 Å². The number of imidazole rings is 1.